The van der Waals surface area contributed by atoms with Gasteiger partial charge in [0, 0.05) is 19.3 Å². The summed E-state index contributed by atoms with van der Waals surface area (Å²) in [6.07, 6.45) is 7.68. The van der Waals surface area contributed by atoms with Gasteiger partial charge in [-0.25, -0.2) is 4.68 Å². The van der Waals surface area contributed by atoms with Crippen LogP contribution in [0.1, 0.15) is 49.5 Å². The van der Waals surface area contributed by atoms with Crippen LogP contribution in [0.15, 0.2) is 11.0 Å². The summed E-state index contributed by atoms with van der Waals surface area (Å²) < 4.78 is 3.89. The molecular formula is C18H23N7O. The summed E-state index contributed by atoms with van der Waals surface area (Å²) in [7, 11) is 0. The quantitative estimate of drug-likeness (QED) is 0.781. The smallest absolute Gasteiger partial charge is 0.263 e. The standard InChI is InChI=1S/C18H23N7O/c1-11-15(12(2)25(21-11)13-6-5-7-13)24-10-14-16(22-24)19-18(20-17(14)26)23-8-3-4-9-23/h10,13H,3-9H2,1-2H3,(H,19,20,22,26). The van der Waals surface area contributed by atoms with Gasteiger partial charge in [0.1, 0.15) is 11.1 Å². The first-order valence-corrected chi connectivity index (χ1v) is 9.42. The summed E-state index contributed by atoms with van der Waals surface area (Å²) in [5, 5.41) is 9.86. The van der Waals surface area contributed by atoms with Gasteiger partial charge in [0.2, 0.25) is 5.95 Å². The van der Waals surface area contributed by atoms with Crippen molar-refractivity contribution in [3.05, 3.63) is 27.9 Å². The van der Waals surface area contributed by atoms with Crippen molar-refractivity contribution in [2.45, 2.75) is 52.0 Å². The van der Waals surface area contributed by atoms with Gasteiger partial charge in [0.15, 0.2) is 5.65 Å². The fraction of sp³-hybridized carbons (Fsp3) is 0.556. The minimum absolute atomic E-state index is 0.134. The largest absolute Gasteiger partial charge is 0.342 e. The highest BCUT2D eigenvalue weighted by Crippen LogP contribution is 2.34. The second-order valence-corrected chi connectivity index (χ2v) is 7.44. The summed E-state index contributed by atoms with van der Waals surface area (Å²) in [4.78, 5) is 22.2. The van der Waals surface area contributed by atoms with Crippen LogP contribution < -0.4 is 10.5 Å². The number of H-pyrrole nitrogens is 1. The average molecular weight is 353 g/mol. The maximum Gasteiger partial charge on any atom is 0.263 e. The van der Waals surface area contributed by atoms with Crippen LogP contribution in [0.4, 0.5) is 5.95 Å². The average Bonchev–Trinajstić information content (AvgIpc) is 3.26. The highest BCUT2D eigenvalue weighted by atomic mass is 16.1. The van der Waals surface area contributed by atoms with Crippen molar-refractivity contribution in [2.24, 2.45) is 0 Å². The van der Waals surface area contributed by atoms with Crippen LogP contribution in [0.5, 0.6) is 0 Å². The van der Waals surface area contributed by atoms with E-state index >= 15 is 0 Å². The molecule has 0 spiro atoms. The van der Waals surface area contributed by atoms with Crippen LogP contribution in [0.2, 0.25) is 0 Å². The second kappa shape index (κ2) is 5.69. The minimum atomic E-state index is -0.134. The van der Waals surface area contributed by atoms with Gasteiger partial charge in [-0.15, -0.1) is 5.10 Å². The minimum Gasteiger partial charge on any atom is -0.342 e. The van der Waals surface area contributed by atoms with Crippen LogP contribution in [0.3, 0.4) is 0 Å². The highest BCUT2D eigenvalue weighted by Gasteiger charge is 2.25. The molecule has 3 aromatic rings. The second-order valence-electron chi connectivity index (χ2n) is 7.44. The predicted molar refractivity (Wildman–Crippen MR) is 99.1 cm³/mol. The Morgan fingerprint density at radius 1 is 1.12 bits per heavy atom. The molecule has 136 valence electrons. The number of aromatic nitrogens is 6. The zero-order valence-electron chi connectivity index (χ0n) is 15.2. The number of fused-ring (bicyclic) bond motifs is 1. The first-order chi connectivity index (χ1) is 12.6. The highest BCUT2D eigenvalue weighted by molar-refractivity contribution is 5.75. The lowest BCUT2D eigenvalue weighted by Crippen LogP contribution is -2.23. The van der Waals surface area contributed by atoms with Gasteiger partial charge in [-0.2, -0.15) is 10.1 Å². The molecule has 2 aliphatic rings. The van der Waals surface area contributed by atoms with Gasteiger partial charge in [0.25, 0.3) is 5.56 Å². The first kappa shape index (κ1) is 15.6. The molecule has 0 radical (unpaired) electrons. The Kier molecular flexibility index (Phi) is 3.41. The predicted octanol–water partition coefficient (Wildman–Crippen LogP) is 2.25. The maximum absolute atomic E-state index is 12.5. The summed E-state index contributed by atoms with van der Waals surface area (Å²) in [6, 6.07) is 0.496. The first-order valence-electron chi connectivity index (χ1n) is 9.42. The monoisotopic (exact) mass is 353 g/mol. The van der Waals surface area contributed by atoms with E-state index in [4.69, 9.17) is 5.10 Å². The molecule has 8 nitrogen and oxygen atoms in total. The van der Waals surface area contributed by atoms with Crippen LogP contribution in [-0.4, -0.2) is 42.6 Å². The molecule has 3 aromatic heterocycles. The fourth-order valence-electron chi connectivity index (χ4n) is 4.07. The Bertz CT molecular complexity index is 1030. The molecule has 4 heterocycles. The van der Waals surface area contributed by atoms with Crippen LogP contribution in [-0.2, 0) is 0 Å². The summed E-state index contributed by atoms with van der Waals surface area (Å²) in [5.41, 5.74) is 3.34. The number of aryl methyl sites for hydroxylation is 1. The molecule has 1 N–H and O–H groups in total. The molecule has 2 fully saturated rings. The lowest BCUT2D eigenvalue weighted by Gasteiger charge is -2.26. The van der Waals surface area contributed by atoms with E-state index < -0.39 is 0 Å². The van der Waals surface area contributed by atoms with Crippen molar-refractivity contribution in [2.75, 3.05) is 18.0 Å². The molecule has 1 saturated carbocycles. The molecule has 1 aliphatic carbocycles. The van der Waals surface area contributed by atoms with E-state index in [0.29, 0.717) is 23.0 Å². The van der Waals surface area contributed by atoms with E-state index in [-0.39, 0.29) is 5.56 Å². The molecular weight excluding hydrogens is 330 g/mol. The Morgan fingerprint density at radius 2 is 1.88 bits per heavy atom. The molecule has 8 heteroatoms. The van der Waals surface area contributed by atoms with Crippen molar-refractivity contribution in [3.63, 3.8) is 0 Å². The molecule has 0 aromatic carbocycles. The Morgan fingerprint density at radius 3 is 2.58 bits per heavy atom. The zero-order chi connectivity index (χ0) is 17.8. The third-order valence-electron chi connectivity index (χ3n) is 5.72. The number of nitrogens with one attached hydrogen (secondary N) is 1. The SMILES string of the molecule is Cc1nn(C2CCC2)c(C)c1-n1cc2c(=O)[nH]c(N3CCCC3)nc2n1. The van der Waals surface area contributed by atoms with E-state index in [1.54, 1.807) is 10.9 Å². The fourth-order valence-corrected chi connectivity index (χ4v) is 4.07. The van der Waals surface area contributed by atoms with Gasteiger partial charge in [-0.3, -0.25) is 14.5 Å². The summed E-state index contributed by atoms with van der Waals surface area (Å²) in [5.74, 6) is 0.629. The Hall–Kier alpha value is -2.64. The van der Waals surface area contributed by atoms with Crippen molar-refractivity contribution in [1.82, 2.24) is 29.5 Å². The van der Waals surface area contributed by atoms with E-state index in [9.17, 15) is 4.79 Å². The number of hydrogen-bond acceptors (Lipinski definition) is 5. The number of rotatable bonds is 3. The normalized spacial score (nSPS) is 18.0. The third-order valence-corrected chi connectivity index (χ3v) is 5.72. The molecule has 1 saturated heterocycles. The maximum atomic E-state index is 12.5. The van der Waals surface area contributed by atoms with Crippen LogP contribution in [0, 0.1) is 13.8 Å². The molecule has 0 unspecified atom stereocenters. The Labute approximate surface area is 150 Å². The number of hydrogen-bond donors (Lipinski definition) is 1. The number of nitrogens with zero attached hydrogens (tertiary/aromatic N) is 6. The zero-order valence-corrected chi connectivity index (χ0v) is 15.2. The third kappa shape index (κ3) is 2.28. The van der Waals surface area contributed by atoms with E-state index in [1.165, 1.54) is 19.3 Å². The van der Waals surface area contributed by atoms with E-state index in [2.05, 4.69) is 31.6 Å². The van der Waals surface area contributed by atoms with Crippen molar-refractivity contribution < 1.29 is 0 Å². The lowest BCUT2D eigenvalue weighted by atomic mass is 9.93. The van der Waals surface area contributed by atoms with Crippen LogP contribution in [0.25, 0.3) is 16.7 Å². The molecule has 26 heavy (non-hydrogen) atoms. The van der Waals surface area contributed by atoms with Crippen LogP contribution >= 0.6 is 0 Å². The van der Waals surface area contributed by atoms with Gasteiger partial charge in [0.05, 0.1) is 17.4 Å². The van der Waals surface area contributed by atoms with Gasteiger partial charge < -0.3 is 4.90 Å². The van der Waals surface area contributed by atoms with E-state index in [1.807, 2.05) is 6.92 Å². The topological polar surface area (TPSA) is 84.6 Å². The number of aromatic amines is 1. The van der Waals surface area contributed by atoms with Crippen molar-refractivity contribution >= 4 is 17.0 Å². The molecule has 1 aliphatic heterocycles. The van der Waals surface area contributed by atoms with Gasteiger partial charge in [-0.1, -0.05) is 0 Å². The Balaban J connectivity index is 1.61. The van der Waals surface area contributed by atoms with Crippen molar-refractivity contribution in [3.8, 4) is 5.69 Å². The summed E-state index contributed by atoms with van der Waals surface area (Å²) >= 11 is 0. The van der Waals surface area contributed by atoms with Gasteiger partial charge >= 0.3 is 0 Å². The molecule has 0 amide bonds. The molecule has 5 rings (SSSR count). The molecule has 0 bridgehead atoms. The molecule has 0 atom stereocenters. The number of anilines is 1. The van der Waals surface area contributed by atoms with E-state index in [0.717, 1.165) is 43.0 Å². The van der Waals surface area contributed by atoms with Gasteiger partial charge in [-0.05, 0) is 46.0 Å². The van der Waals surface area contributed by atoms with Crippen molar-refractivity contribution in [1.29, 1.82) is 0 Å². The summed E-state index contributed by atoms with van der Waals surface area (Å²) in [6.45, 7) is 5.94. The lowest BCUT2D eigenvalue weighted by molar-refractivity contribution is 0.284.